The first kappa shape index (κ1) is 12.7. The van der Waals surface area contributed by atoms with Gasteiger partial charge in [-0.2, -0.15) is 0 Å². The zero-order chi connectivity index (χ0) is 11.6. The summed E-state index contributed by atoms with van der Waals surface area (Å²) in [7, 11) is 4.24. The van der Waals surface area contributed by atoms with Gasteiger partial charge in [0.25, 0.3) is 0 Å². The van der Waals surface area contributed by atoms with E-state index in [1.165, 1.54) is 0 Å². The molecule has 1 heterocycles. The van der Waals surface area contributed by atoms with Gasteiger partial charge >= 0.3 is 0 Å². The fourth-order valence-electron chi connectivity index (χ4n) is 2.47. The van der Waals surface area contributed by atoms with Gasteiger partial charge in [-0.25, -0.2) is 0 Å². The molecule has 0 aliphatic carbocycles. The number of carbonyl (C=O) groups is 1. The van der Waals surface area contributed by atoms with Crippen LogP contribution in [0.2, 0.25) is 0 Å². The molecule has 0 radical (unpaired) electrons. The van der Waals surface area contributed by atoms with Crippen molar-refractivity contribution in [1.29, 1.82) is 0 Å². The fraction of sp³-hybridized carbons (Fsp3) is 0.917. The highest BCUT2D eigenvalue weighted by Gasteiger charge is 2.34. The molecule has 0 saturated carbocycles. The summed E-state index contributed by atoms with van der Waals surface area (Å²) in [6, 6.07) is 0.694. The Hall–Kier alpha value is -0.410. The lowest BCUT2D eigenvalue weighted by Crippen LogP contribution is -2.39. The van der Waals surface area contributed by atoms with Gasteiger partial charge in [0.05, 0.1) is 6.04 Å². The molecule has 1 fully saturated rings. The number of nitrogens with zero attached hydrogens (tertiary/aromatic N) is 2. The number of hydrogen-bond acceptors (Lipinski definition) is 3. The first-order valence-corrected chi connectivity index (χ1v) is 5.90. The van der Waals surface area contributed by atoms with Crippen LogP contribution in [0.15, 0.2) is 0 Å². The van der Waals surface area contributed by atoms with Gasteiger partial charge in [-0.3, -0.25) is 9.69 Å². The second-order valence-corrected chi connectivity index (χ2v) is 4.96. The Morgan fingerprint density at radius 2 is 2.07 bits per heavy atom. The summed E-state index contributed by atoms with van der Waals surface area (Å²) in [5.74, 6) is 1.02. The molecule has 3 atom stereocenters. The number of rotatable bonds is 4. The third kappa shape index (κ3) is 2.79. The lowest BCUT2D eigenvalue weighted by atomic mass is 10.1. The van der Waals surface area contributed by atoms with E-state index in [1.807, 2.05) is 13.8 Å². The van der Waals surface area contributed by atoms with Crippen LogP contribution in [-0.2, 0) is 4.79 Å². The van der Waals surface area contributed by atoms with Crippen molar-refractivity contribution in [3.63, 3.8) is 0 Å². The van der Waals surface area contributed by atoms with Gasteiger partial charge in [0.1, 0.15) is 5.78 Å². The smallest absolute Gasteiger partial charge is 0.149 e. The van der Waals surface area contributed by atoms with Crippen LogP contribution < -0.4 is 0 Å². The fourth-order valence-corrected chi connectivity index (χ4v) is 2.47. The van der Waals surface area contributed by atoms with Crippen LogP contribution in [-0.4, -0.2) is 54.9 Å². The van der Waals surface area contributed by atoms with E-state index >= 15 is 0 Å². The van der Waals surface area contributed by atoms with Gasteiger partial charge in [0, 0.05) is 25.6 Å². The standard InChI is InChI=1S/C12H24N2O/c1-6-12(15)10(3)14-7-9(2)11(8-14)13(4)5/h9-11H,6-8H2,1-5H3. The van der Waals surface area contributed by atoms with E-state index < -0.39 is 0 Å². The van der Waals surface area contributed by atoms with E-state index in [0.29, 0.717) is 24.2 Å². The maximum atomic E-state index is 11.6. The molecule has 1 rings (SSSR count). The highest BCUT2D eigenvalue weighted by molar-refractivity contribution is 5.83. The minimum absolute atomic E-state index is 0.0994. The van der Waals surface area contributed by atoms with Crippen LogP contribution in [0.25, 0.3) is 0 Å². The molecule has 1 aliphatic heterocycles. The van der Waals surface area contributed by atoms with Crippen molar-refractivity contribution < 1.29 is 4.79 Å². The van der Waals surface area contributed by atoms with Crippen LogP contribution in [0.3, 0.4) is 0 Å². The second kappa shape index (κ2) is 5.08. The average molecular weight is 212 g/mol. The van der Waals surface area contributed by atoms with Gasteiger partial charge in [0.2, 0.25) is 0 Å². The molecule has 0 N–H and O–H groups in total. The van der Waals surface area contributed by atoms with E-state index in [-0.39, 0.29) is 6.04 Å². The Morgan fingerprint density at radius 1 is 1.47 bits per heavy atom. The molecule has 0 spiro atoms. The van der Waals surface area contributed by atoms with Gasteiger partial charge in [-0.15, -0.1) is 0 Å². The van der Waals surface area contributed by atoms with E-state index in [9.17, 15) is 4.79 Å². The SMILES string of the molecule is CCC(=O)C(C)N1CC(C)C(N(C)C)C1. The Kier molecular flexibility index (Phi) is 4.29. The summed E-state index contributed by atoms with van der Waals surface area (Å²) in [6.07, 6.45) is 0.651. The first-order chi connectivity index (χ1) is 6.97. The van der Waals surface area contributed by atoms with Crippen LogP contribution in [0.4, 0.5) is 0 Å². The zero-order valence-electron chi connectivity index (χ0n) is 10.7. The molecule has 3 heteroatoms. The predicted octanol–water partition coefficient (Wildman–Crippen LogP) is 1.24. The topological polar surface area (TPSA) is 23.6 Å². The minimum atomic E-state index is 0.0994. The van der Waals surface area contributed by atoms with Crippen LogP contribution in [0, 0.1) is 5.92 Å². The van der Waals surface area contributed by atoms with Crippen molar-refractivity contribution in [3.8, 4) is 0 Å². The monoisotopic (exact) mass is 212 g/mol. The number of hydrogen-bond donors (Lipinski definition) is 0. The van der Waals surface area contributed by atoms with Crippen molar-refractivity contribution in [2.75, 3.05) is 27.2 Å². The number of ketones is 1. The number of Topliss-reactive ketones (excluding diaryl/α,β-unsaturated/α-hetero) is 1. The minimum Gasteiger partial charge on any atom is -0.305 e. The van der Waals surface area contributed by atoms with Crippen LogP contribution >= 0.6 is 0 Å². The number of likely N-dealkylation sites (N-methyl/N-ethyl adjacent to an activating group) is 1. The molecular formula is C12H24N2O. The summed E-state index contributed by atoms with van der Waals surface area (Å²) in [5, 5.41) is 0. The lowest BCUT2D eigenvalue weighted by molar-refractivity contribution is -0.123. The summed E-state index contributed by atoms with van der Waals surface area (Å²) < 4.78 is 0. The van der Waals surface area contributed by atoms with Crippen LogP contribution in [0.5, 0.6) is 0 Å². The molecule has 0 aromatic rings. The van der Waals surface area contributed by atoms with E-state index in [1.54, 1.807) is 0 Å². The second-order valence-electron chi connectivity index (χ2n) is 4.96. The van der Waals surface area contributed by atoms with Crippen molar-refractivity contribution in [2.24, 2.45) is 5.92 Å². The van der Waals surface area contributed by atoms with Gasteiger partial charge in [-0.05, 0) is 26.9 Å². The summed E-state index contributed by atoms with van der Waals surface area (Å²) in [6.45, 7) is 8.34. The molecule has 3 unspecified atom stereocenters. The molecule has 1 aliphatic rings. The predicted molar refractivity (Wildman–Crippen MR) is 63.0 cm³/mol. The summed E-state index contributed by atoms with van der Waals surface area (Å²) >= 11 is 0. The lowest BCUT2D eigenvalue weighted by Gasteiger charge is -2.24. The molecule has 0 bridgehead atoms. The maximum absolute atomic E-state index is 11.6. The van der Waals surface area contributed by atoms with Gasteiger partial charge < -0.3 is 4.90 Å². The Morgan fingerprint density at radius 3 is 2.47 bits per heavy atom. The third-order valence-electron chi connectivity index (χ3n) is 3.63. The average Bonchev–Trinajstić information content (AvgIpc) is 2.58. The zero-order valence-corrected chi connectivity index (χ0v) is 10.7. The molecule has 0 amide bonds. The van der Waals surface area contributed by atoms with E-state index in [2.05, 4.69) is 30.8 Å². The Labute approximate surface area is 93.4 Å². The normalized spacial score (nSPS) is 29.7. The van der Waals surface area contributed by atoms with Gasteiger partial charge in [0.15, 0.2) is 0 Å². The van der Waals surface area contributed by atoms with Crippen molar-refractivity contribution >= 4 is 5.78 Å². The third-order valence-corrected chi connectivity index (χ3v) is 3.63. The molecule has 15 heavy (non-hydrogen) atoms. The molecular weight excluding hydrogens is 188 g/mol. The van der Waals surface area contributed by atoms with Gasteiger partial charge in [-0.1, -0.05) is 13.8 Å². The molecule has 0 aromatic heterocycles. The van der Waals surface area contributed by atoms with E-state index in [4.69, 9.17) is 0 Å². The number of carbonyl (C=O) groups excluding carboxylic acids is 1. The van der Waals surface area contributed by atoms with Crippen molar-refractivity contribution in [3.05, 3.63) is 0 Å². The molecule has 1 saturated heterocycles. The Bertz CT molecular complexity index is 228. The first-order valence-electron chi connectivity index (χ1n) is 5.90. The summed E-state index contributed by atoms with van der Waals surface area (Å²) in [4.78, 5) is 16.2. The largest absolute Gasteiger partial charge is 0.305 e. The molecule has 3 nitrogen and oxygen atoms in total. The molecule has 88 valence electrons. The highest BCUT2D eigenvalue weighted by Crippen LogP contribution is 2.22. The Balaban J connectivity index is 2.58. The summed E-state index contributed by atoms with van der Waals surface area (Å²) in [5.41, 5.74) is 0. The van der Waals surface area contributed by atoms with Crippen molar-refractivity contribution in [1.82, 2.24) is 9.80 Å². The van der Waals surface area contributed by atoms with Crippen LogP contribution in [0.1, 0.15) is 27.2 Å². The van der Waals surface area contributed by atoms with E-state index in [0.717, 1.165) is 13.1 Å². The number of likely N-dealkylation sites (tertiary alicyclic amines) is 1. The van der Waals surface area contributed by atoms with Crippen molar-refractivity contribution in [2.45, 2.75) is 39.3 Å². The maximum Gasteiger partial charge on any atom is 0.149 e. The quantitative estimate of drug-likeness (QED) is 0.700. The highest BCUT2D eigenvalue weighted by atomic mass is 16.1. The molecule has 0 aromatic carbocycles.